The number of hydrogen-bond donors (Lipinski definition) is 0. The largest absolute Gasteiger partial charge is 0.256 e. The molecule has 80 valence electrons. The van der Waals surface area contributed by atoms with Crippen LogP contribution >= 0.6 is 11.8 Å². The lowest BCUT2D eigenvalue weighted by atomic mass is 9.98. The molecule has 0 aliphatic heterocycles. The molecule has 15 heavy (non-hydrogen) atoms. The van der Waals surface area contributed by atoms with E-state index >= 15 is 0 Å². The molecule has 0 amide bonds. The fourth-order valence-electron chi connectivity index (χ4n) is 1.05. The molecule has 2 radical (unpaired) electrons. The van der Waals surface area contributed by atoms with Gasteiger partial charge in [0.15, 0.2) is 0 Å². The zero-order valence-electron chi connectivity index (χ0n) is 10.0. The number of aromatic nitrogens is 1. The van der Waals surface area contributed by atoms with Crippen molar-refractivity contribution in [1.82, 2.24) is 4.98 Å². The quantitative estimate of drug-likeness (QED) is 0.572. The van der Waals surface area contributed by atoms with Gasteiger partial charge in [0.2, 0.25) is 0 Å². The minimum absolute atomic E-state index is 0.709. The number of thioether (sulfide) groups is 1. The summed E-state index contributed by atoms with van der Waals surface area (Å²) >= 11 is 1.74. The highest BCUT2D eigenvalue weighted by Crippen LogP contribution is 2.23. The summed E-state index contributed by atoms with van der Waals surface area (Å²) in [7, 11) is 5.65. The zero-order chi connectivity index (χ0) is 11.8. The van der Waals surface area contributed by atoms with E-state index in [2.05, 4.69) is 18.5 Å². The van der Waals surface area contributed by atoms with Crippen LogP contribution in [0.2, 0.25) is 0 Å². The van der Waals surface area contributed by atoms with Crippen molar-refractivity contribution in [3.05, 3.63) is 24.5 Å². The van der Waals surface area contributed by atoms with E-state index in [1.165, 1.54) is 0 Å². The topological polar surface area (TPSA) is 12.9 Å². The zero-order valence-corrected chi connectivity index (χ0v) is 10.8. The Hall–Kier alpha value is -0.695. The SMILES string of the molecule is CC.[B]c1cnc(C(=C)C)c(SCC)c1. The molecule has 0 fully saturated rings. The molecular formula is C12H18BNS. The van der Waals surface area contributed by atoms with E-state index in [-0.39, 0.29) is 0 Å². The lowest BCUT2D eigenvalue weighted by molar-refractivity contribution is 1.19. The van der Waals surface area contributed by atoms with Gasteiger partial charge in [-0.25, -0.2) is 0 Å². The van der Waals surface area contributed by atoms with Gasteiger partial charge in [0.05, 0.1) is 5.69 Å². The maximum absolute atomic E-state index is 5.65. The third-order valence-electron chi connectivity index (χ3n) is 1.58. The fourth-order valence-corrected chi connectivity index (χ4v) is 1.94. The molecule has 0 aliphatic rings. The fraction of sp³-hybridized carbons (Fsp3) is 0.417. The van der Waals surface area contributed by atoms with Crippen molar-refractivity contribution in [2.45, 2.75) is 32.6 Å². The van der Waals surface area contributed by atoms with E-state index in [0.29, 0.717) is 5.46 Å². The highest BCUT2D eigenvalue weighted by Gasteiger charge is 2.04. The van der Waals surface area contributed by atoms with Crippen LogP contribution in [0, 0.1) is 0 Å². The monoisotopic (exact) mass is 219 g/mol. The predicted octanol–water partition coefficient (Wildman–Crippen LogP) is 3.05. The first-order valence-corrected chi connectivity index (χ1v) is 6.18. The first-order valence-electron chi connectivity index (χ1n) is 5.19. The lowest BCUT2D eigenvalue weighted by Crippen LogP contribution is -2.05. The Labute approximate surface area is 98.8 Å². The van der Waals surface area contributed by atoms with Gasteiger partial charge in [-0.2, -0.15) is 0 Å². The summed E-state index contributed by atoms with van der Waals surface area (Å²) in [5.74, 6) is 1.02. The maximum atomic E-state index is 5.65. The number of pyridine rings is 1. The van der Waals surface area contributed by atoms with E-state index in [1.807, 2.05) is 26.8 Å². The van der Waals surface area contributed by atoms with Gasteiger partial charge in [-0.1, -0.05) is 38.9 Å². The summed E-state index contributed by atoms with van der Waals surface area (Å²) < 4.78 is 0. The summed E-state index contributed by atoms with van der Waals surface area (Å²) in [4.78, 5) is 5.37. The Morgan fingerprint density at radius 3 is 2.60 bits per heavy atom. The Bertz CT molecular complexity index is 323. The Kier molecular flexibility index (Phi) is 7.23. The highest BCUT2D eigenvalue weighted by molar-refractivity contribution is 7.99. The van der Waals surface area contributed by atoms with E-state index in [4.69, 9.17) is 7.85 Å². The second-order valence-electron chi connectivity index (χ2n) is 2.83. The van der Waals surface area contributed by atoms with Crippen molar-refractivity contribution in [1.29, 1.82) is 0 Å². The standard InChI is InChI=1S/C10H12BNS.C2H6/c1-4-13-9-5-8(11)6-12-10(9)7(2)3;1-2/h5-6H,2,4H2,1,3H3;1-2H3. The summed E-state index contributed by atoms with van der Waals surface area (Å²) in [6.45, 7) is 11.9. The summed E-state index contributed by atoms with van der Waals surface area (Å²) in [5, 5.41) is 0. The van der Waals surface area contributed by atoms with E-state index in [9.17, 15) is 0 Å². The molecule has 1 nitrogen and oxygen atoms in total. The van der Waals surface area contributed by atoms with Gasteiger partial charge in [0.25, 0.3) is 0 Å². The minimum atomic E-state index is 0.709. The molecule has 1 rings (SSSR count). The first kappa shape index (κ1) is 14.3. The first-order chi connectivity index (χ1) is 7.15. The van der Waals surface area contributed by atoms with Crippen molar-refractivity contribution in [2.24, 2.45) is 0 Å². The van der Waals surface area contributed by atoms with Crippen molar-refractivity contribution < 1.29 is 0 Å². The van der Waals surface area contributed by atoms with Gasteiger partial charge in [-0.05, 0) is 18.2 Å². The van der Waals surface area contributed by atoms with Crippen LogP contribution < -0.4 is 5.46 Å². The molecule has 0 bridgehead atoms. The van der Waals surface area contributed by atoms with Crippen LogP contribution in [0.3, 0.4) is 0 Å². The number of allylic oxidation sites excluding steroid dienone is 1. The molecule has 0 saturated carbocycles. The van der Waals surface area contributed by atoms with E-state index in [1.54, 1.807) is 18.0 Å². The minimum Gasteiger partial charge on any atom is -0.256 e. The van der Waals surface area contributed by atoms with Crippen LogP contribution in [0.5, 0.6) is 0 Å². The Morgan fingerprint density at radius 2 is 2.13 bits per heavy atom. The lowest BCUT2D eigenvalue weighted by Gasteiger charge is -2.07. The number of rotatable bonds is 3. The normalized spacial score (nSPS) is 9.07. The molecule has 1 aromatic heterocycles. The Balaban J connectivity index is 0.000000921. The molecule has 0 aromatic carbocycles. The summed E-state index contributed by atoms with van der Waals surface area (Å²) in [5.41, 5.74) is 2.65. The van der Waals surface area contributed by atoms with E-state index < -0.39 is 0 Å². The number of nitrogens with zero attached hydrogens (tertiary/aromatic N) is 1. The molecule has 0 N–H and O–H groups in total. The van der Waals surface area contributed by atoms with Crippen molar-refractivity contribution >= 4 is 30.6 Å². The third-order valence-corrected chi connectivity index (χ3v) is 2.49. The van der Waals surface area contributed by atoms with Gasteiger partial charge in [0.1, 0.15) is 7.85 Å². The number of hydrogen-bond acceptors (Lipinski definition) is 2. The van der Waals surface area contributed by atoms with Crippen molar-refractivity contribution in [2.75, 3.05) is 5.75 Å². The van der Waals surface area contributed by atoms with Gasteiger partial charge in [0, 0.05) is 11.1 Å². The molecule has 1 aromatic rings. The second kappa shape index (κ2) is 7.58. The average molecular weight is 219 g/mol. The third kappa shape index (κ3) is 4.56. The molecule has 0 saturated heterocycles. The van der Waals surface area contributed by atoms with E-state index in [0.717, 1.165) is 21.9 Å². The Morgan fingerprint density at radius 1 is 1.53 bits per heavy atom. The van der Waals surface area contributed by atoms with Crippen LogP contribution in [0.25, 0.3) is 5.57 Å². The van der Waals surface area contributed by atoms with Crippen LogP contribution in [-0.4, -0.2) is 18.6 Å². The molecular weight excluding hydrogens is 201 g/mol. The van der Waals surface area contributed by atoms with Gasteiger partial charge in [-0.3, -0.25) is 4.98 Å². The second-order valence-corrected chi connectivity index (χ2v) is 4.13. The van der Waals surface area contributed by atoms with Crippen molar-refractivity contribution in [3.63, 3.8) is 0 Å². The smallest absolute Gasteiger partial charge is 0.116 e. The van der Waals surface area contributed by atoms with Gasteiger partial charge in [-0.15, -0.1) is 11.8 Å². The highest BCUT2D eigenvalue weighted by atomic mass is 32.2. The molecule has 3 heteroatoms. The average Bonchev–Trinajstić information content (AvgIpc) is 2.21. The summed E-state index contributed by atoms with van der Waals surface area (Å²) in [6.07, 6.45) is 1.67. The molecule has 0 atom stereocenters. The van der Waals surface area contributed by atoms with Crippen LogP contribution in [0.4, 0.5) is 0 Å². The van der Waals surface area contributed by atoms with Gasteiger partial charge >= 0.3 is 0 Å². The van der Waals surface area contributed by atoms with Gasteiger partial charge < -0.3 is 0 Å². The van der Waals surface area contributed by atoms with Crippen LogP contribution in [-0.2, 0) is 0 Å². The molecule has 0 aliphatic carbocycles. The predicted molar refractivity (Wildman–Crippen MR) is 72.1 cm³/mol. The molecule has 0 spiro atoms. The molecule has 1 heterocycles. The summed E-state index contributed by atoms with van der Waals surface area (Å²) in [6, 6.07) is 1.95. The maximum Gasteiger partial charge on any atom is 0.116 e. The van der Waals surface area contributed by atoms with Crippen molar-refractivity contribution in [3.8, 4) is 0 Å². The van der Waals surface area contributed by atoms with Crippen LogP contribution in [0.15, 0.2) is 23.7 Å². The molecule has 0 unspecified atom stereocenters. The van der Waals surface area contributed by atoms with Crippen LogP contribution in [0.1, 0.15) is 33.4 Å².